The van der Waals surface area contributed by atoms with Gasteiger partial charge in [0.25, 0.3) is 5.69 Å². The zero-order chi connectivity index (χ0) is 19.5. The Bertz CT molecular complexity index is 813. The zero-order valence-electron chi connectivity index (χ0n) is 15.5. The van der Waals surface area contributed by atoms with Crippen molar-refractivity contribution in [3.63, 3.8) is 0 Å². The molecule has 0 spiro atoms. The number of ether oxygens (including phenoxy) is 1. The van der Waals surface area contributed by atoms with E-state index in [9.17, 15) is 14.9 Å². The first-order chi connectivity index (χ1) is 12.1. The summed E-state index contributed by atoms with van der Waals surface area (Å²) in [5.74, 6) is 0. The average molecular weight is 374 g/mol. The van der Waals surface area contributed by atoms with Gasteiger partial charge in [-0.1, -0.05) is 29.5 Å². The van der Waals surface area contributed by atoms with Crippen LogP contribution in [0.4, 0.5) is 16.2 Å². The number of anilines is 1. The van der Waals surface area contributed by atoms with Gasteiger partial charge in [-0.15, -0.1) is 0 Å². The summed E-state index contributed by atoms with van der Waals surface area (Å²) < 4.78 is 5.32. The van der Waals surface area contributed by atoms with E-state index in [1.807, 2.05) is 31.2 Å². The molecule has 0 aliphatic carbocycles. The highest BCUT2D eigenvalue weighted by atomic mass is 32.2. The van der Waals surface area contributed by atoms with Crippen molar-refractivity contribution in [3.05, 3.63) is 58.1 Å². The van der Waals surface area contributed by atoms with E-state index >= 15 is 0 Å². The first-order valence-corrected chi connectivity index (χ1v) is 8.88. The highest BCUT2D eigenvalue weighted by Gasteiger charge is 2.26. The maximum absolute atomic E-state index is 12.3. The summed E-state index contributed by atoms with van der Waals surface area (Å²) in [5, 5.41) is 11.4. The monoisotopic (exact) mass is 374 g/mol. The van der Waals surface area contributed by atoms with Crippen LogP contribution < -0.4 is 4.90 Å². The van der Waals surface area contributed by atoms with Gasteiger partial charge in [0.05, 0.1) is 4.92 Å². The molecule has 2 aromatic rings. The van der Waals surface area contributed by atoms with Gasteiger partial charge >= 0.3 is 6.09 Å². The number of carbonyl (C=O) groups excluding carboxylic acids is 1. The van der Waals surface area contributed by atoms with E-state index in [0.717, 1.165) is 15.4 Å². The number of hydrogen-bond acceptors (Lipinski definition) is 5. The molecule has 0 atom stereocenters. The molecule has 0 saturated heterocycles. The number of carbonyl (C=O) groups is 1. The Morgan fingerprint density at radius 1 is 1.12 bits per heavy atom. The summed E-state index contributed by atoms with van der Waals surface area (Å²) in [4.78, 5) is 26.1. The number of nitrogens with zero attached hydrogens (tertiary/aromatic N) is 2. The Labute approximate surface area is 157 Å². The third-order valence-electron chi connectivity index (χ3n) is 3.43. The van der Waals surface area contributed by atoms with Crippen molar-refractivity contribution in [1.82, 2.24) is 0 Å². The standard InChI is InChI=1S/C19H22N2O4S/c1-13-6-8-14(9-7-13)26-15-10-11-16(21(23)24)17(12-15)20(5)18(22)25-19(2,3)4/h6-12H,1-5H3. The van der Waals surface area contributed by atoms with E-state index in [4.69, 9.17) is 4.74 Å². The van der Waals surface area contributed by atoms with E-state index < -0.39 is 16.6 Å². The minimum Gasteiger partial charge on any atom is -0.443 e. The van der Waals surface area contributed by atoms with Crippen molar-refractivity contribution < 1.29 is 14.5 Å². The minimum absolute atomic E-state index is 0.147. The normalized spacial score (nSPS) is 11.1. The van der Waals surface area contributed by atoms with Gasteiger partial charge in [0, 0.05) is 22.9 Å². The van der Waals surface area contributed by atoms with E-state index in [2.05, 4.69) is 0 Å². The molecule has 6 nitrogen and oxygen atoms in total. The Balaban J connectivity index is 2.34. The summed E-state index contributed by atoms with van der Waals surface area (Å²) >= 11 is 1.47. The zero-order valence-corrected chi connectivity index (χ0v) is 16.3. The molecule has 26 heavy (non-hydrogen) atoms. The van der Waals surface area contributed by atoms with Gasteiger partial charge in [-0.25, -0.2) is 4.79 Å². The summed E-state index contributed by atoms with van der Waals surface area (Å²) in [7, 11) is 1.47. The fourth-order valence-electron chi connectivity index (χ4n) is 2.16. The van der Waals surface area contributed by atoms with E-state index in [1.165, 1.54) is 29.8 Å². The molecule has 0 unspecified atom stereocenters. The Hall–Kier alpha value is -2.54. The summed E-state index contributed by atoms with van der Waals surface area (Å²) in [6.45, 7) is 7.25. The first-order valence-electron chi connectivity index (χ1n) is 8.06. The predicted octanol–water partition coefficient (Wildman–Crippen LogP) is 5.43. The molecule has 0 N–H and O–H groups in total. The van der Waals surface area contributed by atoms with Crippen LogP contribution in [0.1, 0.15) is 26.3 Å². The van der Waals surface area contributed by atoms with Gasteiger partial charge in [0.15, 0.2) is 0 Å². The van der Waals surface area contributed by atoms with Crippen molar-refractivity contribution in [1.29, 1.82) is 0 Å². The third-order valence-corrected chi connectivity index (χ3v) is 4.43. The number of aryl methyl sites for hydroxylation is 1. The highest BCUT2D eigenvalue weighted by molar-refractivity contribution is 7.99. The molecular weight excluding hydrogens is 352 g/mol. The number of amides is 1. The lowest BCUT2D eigenvalue weighted by Gasteiger charge is -2.24. The maximum atomic E-state index is 12.3. The van der Waals surface area contributed by atoms with E-state index in [1.54, 1.807) is 32.9 Å². The number of rotatable bonds is 4. The lowest BCUT2D eigenvalue weighted by molar-refractivity contribution is -0.384. The van der Waals surface area contributed by atoms with Crippen LogP contribution in [0.2, 0.25) is 0 Å². The largest absolute Gasteiger partial charge is 0.443 e. The summed E-state index contributed by atoms with van der Waals surface area (Å²) in [5.41, 5.74) is 0.519. The number of benzene rings is 2. The lowest BCUT2D eigenvalue weighted by atomic mass is 10.2. The van der Waals surface area contributed by atoms with Gasteiger partial charge in [-0.05, 0) is 52.0 Å². The molecule has 0 fully saturated rings. The molecule has 0 aromatic heterocycles. The first kappa shape index (κ1) is 19.8. The molecular formula is C19H22N2O4S. The van der Waals surface area contributed by atoms with Crippen LogP contribution in [0.3, 0.4) is 0 Å². The van der Waals surface area contributed by atoms with Crippen LogP contribution in [0.15, 0.2) is 52.3 Å². The minimum atomic E-state index is -0.686. The van der Waals surface area contributed by atoms with E-state index in [-0.39, 0.29) is 11.4 Å². The fraction of sp³-hybridized carbons (Fsp3) is 0.316. The van der Waals surface area contributed by atoms with Crippen LogP contribution in [0.5, 0.6) is 0 Å². The number of hydrogen-bond donors (Lipinski definition) is 0. The quantitative estimate of drug-likeness (QED) is 0.527. The Kier molecular flexibility index (Phi) is 5.92. The molecule has 1 amide bonds. The average Bonchev–Trinajstić information content (AvgIpc) is 2.54. The number of nitro benzene ring substituents is 1. The number of nitro groups is 1. The van der Waals surface area contributed by atoms with Gasteiger partial charge in [0.2, 0.25) is 0 Å². The second kappa shape index (κ2) is 7.78. The lowest BCUT2D eigenvalue weighted by Crippen LogP contribution is -2.34. The van der Waals surface area contributed by atoms with Gasteiger partial charge in [-0.2, -0.15) is 0 Å². The van der Waals surface area contributed by atoms with Crippen LogP contribution in [-0.2, 0) is 4.74 Å². The van der Waals surface area contributed by atoms with Crippen molar-refractivity contribution >= 4 is 29.2 Å². The van der Waals surface area contributed by atoms with Crippen LogP contribution >= 0.6 is 11.8 Å². The van der Waals surface area contributed by atoms with E-state index in [0.29, 0.717) is 0 Å². The van der Waals surface area contributed by atoms with Crippen molar-refractivity contribution in [2.45, 2.75) is 43.1 Å². The van der Waals surface area contributed by atoms with Crippen LogP contribution in [0, 0.1) is 17.0 Å². The topological polar surface area (TPSA) is 72.7 Å². The second-order valence-corrected chi connectivity index (χ2v) is 8.01. The SMILES string of the molecule is Cc1ccc(Sc2ccc([N+](=O)[O-])c(N(C)C(=O)OC(C)(C)C)c2)cc1. The molecule has 2 aromatic carbocycles. The Morgan fingerprint density at radius 3 is 2.23 bits per heavy atom. The van der Waals surface area contributed by atoms with Gasteiger partial charge in [-0.3, -0.25) is 15.0 Å². The smallest absolute Gasteiger partial charge is 0.414 e. The predicted molar refractivity (Wildman–Crippen MR) is 103 cm³/mol. The molecule has 138 valence electrons. The Morgan fingerprint density at radius 2 is 1.69 bits per heavy atom. The molecule has 0 bridgehead atoms. The molecule has 0 aliphatic heterocycles. The molecule has 2 rings (SSSR count). The van der Waals surface area contributed by atoms with Crippen LogP contribution in [0.25, 0.3) is 0 Å². The van der Waals surface area contributed by atoms with Gasteiger partial charge < -0.3 is 4.74 Å². The third kappa shape index (κ3) is 5.23. The van der Waals surface area contributed by atoms with Crippen LogP contribution in [-0.4, -0.2) is 23.7 Å². The molecule has 0 saturated carbocycles. The molecule has 0 aliphatic rings. The summed E-state index contributed by atoms with van der Waals surface area (Å²) in [6, 6.07) is 12.7. The van der Waals surface area contributed by atoms with Gasteiger partial charge in [0.1, 0.15) is 11.3 Å². The maximum Gasteiger partial charge on any atom is 0.414 e. The molecule has 0 radical (unpaired) electrons. The molecule has 7 heteroatoms. The van der Waals surface area contributed by atoms with Crippen molar-refractivity contribution in [2.75, 3.05) is 11.9 Å². The second-order valence-electron chi connectivity index (χ2n) is 6.86. The van der Waals surface area contributed by atoms with Crippen molar-refractivity contribution in [3.8, 4) is 0 Å². The fourth-order valence-corrected chi connectivity index (χ4v) is 3.01. The summed E-state index contributed by atoms with van der Waals surface area (Å²) in [6.07, 6.45) is -0.641. The highest BCUT2D eigenvalue weighted by Crippen LogP contribution is 2.36. The molecule has 0 heterocycles. The van der Waals surface area contributed by atoms with Crippen molar-refractivity contribution in [2.24, 2.45) is 0 Å².